The summed E-state index contributed by atoms with van der Waals surface area (Å²) in [5.74, 6) is 1.70. The molecule has 0 saturated carbocycles. The van der Waals surface area contributed by atoms with Crippen molar-refractivity contribution in [2.24, 2.45) is 0 Å². The molecular weight excluding hydrogens is 456 g/mol. The molecule has 0 aliphatic rings. The number of ether oxygens (including phenoxy) is 2. The van der Waals surface area contributed by atoms with E-state index in [4.69, 9.17) is 9.47 Å². The van der Waals surface area contributed by atoms with Crippen LogP contribution in [0.4, 0.5) is 11.4 Å². The monoisotopic (exact) mass is 510 g/mol. The number of nitrogens with zero attached hydrogens (tertiary/aromatic N) is 2. The van der Waals surface area contributed by atoms with Gasteiger partial charge >= 0.3 is 0 Å². The highest BCUT2D eigenvalue weighted by molar-refractivity contribution is 5.50. The molecular formula is C33H54N2O2. The minimum absolute atomic E-state index is 0.214. The maximum absolute atomic E-state index is 5.90. The zero-order chi connectivity index (χ0) is 26.6. The van der Waals surface area contributed by atoms with Crippen LogP contribution in [0.1, 0.15) is 105 Å². The Balaban J connectivity index is 1.85. The molecule has 0 bridgehead atoms. The number of rotatable bonds is 22. The second kappa shape index (κ2) is 19.7. The van der Waals surface area contributed by atoms with E-state index in [1.165, 1.54) is 88.4 Å². The summed E-state index contributed by atoms with van der Waals surface area (Å²) in [6.07, 6.45) is 15.2. The van der Waals surface area contributed by atoms with Gasteiger partial charge < -0.3 is 19.3 Å². The molecule has 2 rings (SSSR count). The zero-order valence-corrected chi connectivity index (χ0v) is 24.4. The highest BCUT2D eigenvalue weighted by Crippen LogP contribution is 2.23. The lowest BCUT2D eigenvalue weighted by molar-refractivity contribution is 0.120. The molecule has 0 aliphatic heterocycles. The average molecular weight is 511 g/mol. The number of hydrogen-bond acceptors (Lipinski definition) is 4. The van der Waals surface area contributed by atoms with Gasteiger partial charge in [0.25, 0.3) is 0 Å². The SMILES string of the molecule is CCCCCN(CCCCC)c1ccc(OCOc2ccc(N(CCCCC)CCCCC)cc2)cc1. The molecule has 0 saturated heterocycles. The van der Waals surface area contributed by atoms with Gasteiger partial charge in [-0.25, -0.2) is 0 Å². The van der Waals surface area contributed by atoms with Gasteiger partial charge in [0.2, 0.25) is 6.79 Å². The first-order valence-corrected chi connectivity index (χ1v) is 15.2. The van der Waals surface area contributed by atoms with Gasteiger partial charge in [-0.1, -0.05) is 79.1 Å². The van der Waals surface area contributed by atoms with Gasteiger partial charge in [0, 0.05) is 37.6 Å². The molecule has 0 aromatic heterocycles. The zero-order valence-electron chi connectivity index (χ0n) is 24.4. The van der Waals surface area contributed by atoms with Crippen LogP contribution in [0.2, 0.25) is 0 Å². The van der Waals surface area contributed by atoms with Gasteiger partial charge in [0.05, 0.1) is 0 Å². The Morgan fingerprint density at radius 2 is 0.730 bits per heavy atom. The maximum atomic E-state index is 5.90. The Morgan fingerprint density at radius 1 is 0.432 bits per heavy atom. The van der Waals surface area contributed by atoms with E-state index in [1.807, 2.05) is 0 Å². The molecule has 2 aromatic carbocycles. The molecule has 0 heterocycles. The van der Waals surface area contributed by atoms with Crippen LogP contribution in [0.25, 0.3) is 0 Å². The van der Waals surface area contributed by atoms with Crippen molar-refractivity contribution in [3.05, 3.63) is 48.5 Å². The molecule has 0 N–H and O–H groups in total. The first-order chi connectivity index (χ1) is 18.2. The summed E-state index contributed by atoms with van der Waals surface area (Å²) < 4.78 is 11.8. The van der Waals surface area contributed by atoms with E-state index in [2.05, 4.69) is 86.0 Å². The van der Waals surface area contributed by atoms with Crippen molar-refractivity contribution in [2.45, 2.75) is 105 Å². The molecule has 37 heavy (non-hydrogen) atoms. The molecule has 2 aromatic rings. The van der Waals surface area contributed by atoms with Crippen molar-refractivity contribution in [1.29, 1.82) is 0 Å². The van der Waals surface area contributed by atoms with E-state index in [9.17, 15) is 0 Å². The van der Waals surface area contributed by atoms with Gasteiger partial charge in [-0.15, -0.1) is 0 Å². The van der Waals surface area contributed by atoms with Gasteiger partial charge in [-0.2, -0.15) is 0 Å². The van der Waals surface area contributed by atoms with E-state index in [-0.39, 0.29) is 6.79 Å². The first-order valence-electron chi connectivity index (χ1n) is 15.2. The van der Waals surface area contributed by atoms with Crippen molar-refractivity contribution in [3.63, 3.8) is 0 Å². The molecule has 208 valence electrons. The third-order valence-electron chi connectivity index (χ3n) is 6.98. The second-order valence-corrected chi connectivity index (χ2v) is 10.2. The van der Waals surface area contributed by atoms with E-state index in [1.54, 1.807) is 0 Å². The lowest BCUT2D eigenvalue weighted by atomic mass is 10.2. The summed E-state index contributed by atoms with van der Waals surface area (Å²) in [6.45, 7) is 13.8. The normalized spacial score (nSPS) is 10.9. The van der Waals surface area contributed by atoms with Crippen LogP contribution >= 0.6 is 0 Å². The quantitative estimate of drug-likeness (QED) is 0.116. The van der Waals surface area contributed by atoms with Crippen LogP contribution in [0.5, 0.6) is 11.5 Å². The van der Waals surface area contributed by atoms with Gasteiger partial charge in [0.1, 0.15) is 11.5 Å². The van der Waals surface area contributed by atoms with Crippen molar-refractivity contribution in [1.82, 2.24) is 0 Å². The van der Waals surface area contributed by atoms with Crippen molar-refractivity contribution < 1.29 is 9.47 Å². The summed E-state index contributed by atoms with van der Waals surface area (Å²) in [7, 11) is 0. The number of benzene rings is 2. The van der Waals surface area contributed by atoms with Crippen LogP contribution in [-0.4, -0.2) is 33.0 Å². The molecule has 4 nitrogen and oxygen atoms in total. The summed E-state index contributed by atoms with van der Waals surface area (Å²) >= 11 is 0. The van der Waals surface area contributed by atoms with Gasteiger partial charge in [-0.3, -0.25) is 0 Å². The molecule has 0 atom stereocenters. The Labute approximate surface area is 228 Å². The van der Waals surface area contributed by atoms with Crippen LogP contribution in [0, 0.1) is 0 Å². The van der Waals surface area contributed by atoms with E-state index >= 15 is 0 Å². The molecule has 0 radical (unpaired) electrons. The minimum atomic E-state index is 0.214. The molecule has 0 amide bonds. The Hall–Kier alpha value is -2.36. The topological polar surface area (TPSA) is 24.9 Å². The molecule has 0 fully saturated rings. The number of anilines is 2. The Kier molecular flexibility index (Phi) is 16.4. The highest BCUT2D eigenvalue weighted by atomic mass is 16.7. The first kappa shape index (κ1) is 30.9. The van der Waals surface area contributed by atoms with Crippen LogP contribution in [-0.2, 0) is 0 Å². The molecule has 0 aliphatic carbocycles. The fourth-order valence-electron chi connectivity index (χ4n) is 4.62. The smallest absolute Gasteiger partial charge is 0.230 e. The largest absolute Gasteiger partial charge is 0.458 e. The van der Waals surface area contributed by atoms with E-state index < -0.39 is 0 Å². The van der Waals surface area contributed by atoms with Crippen molar-refractivity contribution >= 4 is 11.4 Å². The van der Waals surface area contributed by atoms with Crippen LogP contribution in [0.15, 0.2) is 48.5 Å². The summed E-state index contributed by atoms with van der Waals surface area (Å²) in [5, 5.41) is 0. The van der Waals surface area contributed by atoms with Crippen LogP contribution < -0.4 is 19.3 Å². The Bertz CT molecular complexity index is 703. The third-order valence-corrected chi connectivity index (χ3v) is 6.98. The number of unbranched alkanes of at least 4 members (excludes halogenated alkanes) is 8. The lowest BCUT2D eigenvalue weighted by Crippen LogP contribution is -2.25. The second-order valence-electron chi connectivity index (χ2n) is 10.2. The average Bonchev–Trinajstić information content (AvgIpc) is 2.93. The van der Waals surface area contributed by atoms with Crippen LogP contribution in [0.3, 0.4) is 0 Å². The molecule has 4 heteroatoms. The summed E-state index contributed by atoms with van der Waals surface area (Å²) in [4.78, 5) is 5.06. The van der Waals surface area contributed by atoms with Gasteiger partial charge in [0.15, 0.2) is 0 Å². The molecule has 0 unspecified atom stereocenters. The third kappa shape index (κ3) is 12.6. The van der Waals surface area contributed by atoms with E-state index in [0.29, 0.717) is 0 Å². The maximum Gasteiger partial charge on any atom is 0.230 e. The van der Waals surface area contributed by atoms with Crippen molar-refractivity contribution in [3.8, 4) is 11.5 Å². The van der Waals surface area contributed by atoms with Crippen molar-refractivity contribution in [2.75, 3.05) is 42.8 Å². The predicted octanol–water partition coefficient (Wildman–Crippen LogP) is 9.48. The standard InChI is InChI=1S/C33H54N2O2/c1-5-9-13-25-34(26-14-10-6-2)30-17-21-32(22-18-30)36-29-37-33-23-19-31(20-24-33)35(27-15-11-7-3)28-16-12-8-4/h17-24H,5-16,25-29H2,1-4H3. The predicted molar refractivity (Wildman–Crippen MR) is 162 cm³/mol. The Morgan fingerprint density at radius 3 is 1.00 bits per heavy atom. The fourth-order valence-corrected chi connectivity index (χ4v) is 4.62. The number of hydrogen-bond donors (Lipinski definition) is 0. The highest BCUT2D eigenvalue weighted by Gasteiger charge is 2.08. The minimum Gasteiger partial charge on any atom is -0.458 e. The van der Waals surface area contributed by atoms with Gasteiger partial charge in [-0.05, 0) is 74.2 Å². The molecule has 0 spiro atoms. The summed E-state index contributed by atoms with van der Waals surface area (Å²) in [6, 6.07) is 17.0. The lowest BCUT2D eigenvalue weighted by Gasteiger charge is -2.25. The summed E-state index contributed by atoms with van der Waals surface area (Å²) in [5.41, 5.74) is 2.58. The van der Waals surface area contributed by atoms with E-state index in [0.717, 1.165) is 37.7 Å². The fraction of sp³-hybridized carbons (Fsp3) is 0.636.